The maximum Gasteiger partial charge on any atom is 0.0553 e. The quantitative estimate of drug-likeness (QED) is 0.576. The van der Waals surface area contributed by atoms with Crippen LogP contribution in [0.5, 0.6) is 0 Å². The van der Waals surface area contributed by atoms with Crippen LogP contribution < -0.4 is 11.3 Å². The van der Waals surface area contributed by atoms with E-state index in [9.17, 15) is 0 Å². The second-order valence-corrected chi connectivity index (χ2v) is 4.68. The highest BCUT2D eigenvalue weighted by Gasteiger charge is 2.11. The molecule has 0 aliphatic heterocycles. The number of nitrogens with two attached hydrogens (primary N) is 1. The van der Waals surface area contributed by atoms with Crippen molar-refractivity contribution in [3.63, 3.8) is 0 Å². The highest BCUT2D eigenvalue weighted by atomic mass is 32.1. The Morgan fingerprint density at radius 1 is 1.54 bits per heavy atom. The molecule has 3 N–H and O–H groups in total. The molecule has 0 bridgehead atoms. The Balaban J connectivity index is 2.78. The monoisotopic (exact) mass is 198 g/mol. The zero-order valence-electron chi connectivity index (χ0n) is 8.55. The molecule has 2 nitrogen and oxygen atoms in total. The fraction of sp³-hybridized carbons (Fsp3) is 0.600. The molecule has 1 aromatic rings. The molecule has 1 rings (SSSR count). The topological polar surface area (TPSA) is 38.0 Å². The van der Waals surface area contributed by atoms with Crippen LogP contribution in [0.3, 0.4) is 0 Å². The van der Waals surface area contributed by atoms with Crippen LogP contribution >= 0.6 is 11.3 Å². The number of thiophene rings is 1. The standard InChI is InChI=1S/C10H18N2S/c1-4-5-9(12-11)10-6-7(2)8(3)13-10/h6,9,12H,4-5,11H2,1-3H3. The first-order valence-electron chi connectivity index (χ1n) is 4.72. The highest BCUT2D eigenvalue weighted by molar-refractivity contribution is 7.12. The highest BCUT2D eigenvalue weighted by Crippen LogP contribution is 2.28. The van der Waals surface area contributed by atoms with Gasteiger partial charge in [0.05, 0.1) is 6.04 Å². The normalized spacial score (nSPS) is 13.2. The van der Waals surface area contributed by atoms with Crippen molar-refractivity contribution in [2.75, 3.05) is 0 Å². The molecule has 0 spiro atoms. The van der Waals surface area contributed by atoms with Gasteiger partial charge in [-0.2, -0.15) is 0 Å². The van der Waals surface area contributed by atoms with Gasteiger partial charge in [-0.25, -0.2) is 0 Å². The van der Waals surface area contributed by atoms with Gasteiger partial charge in [0, 0.05) is 9.75 Å². The molecule has 0 aromatic carbocycles. The minimum Gasteiger partial charge on any atom is -0.271 e. The smallest absolute Gasteiger partial charge is 0.0553 e. The average Bonchev–Trinajstić information content (AvgIpc) is 2.43. The maximum atomic E-state index is 5.51. The molecule has 1 unspecified atom stereocenters. The molecule has 0 aliphatic carbocycles. The van der Waals surface area contributed by atoms with E-state index in [4.69, 9.17) is 5.84 Å². The summed E-state index contributed by atoms with van der Waals surface area (Å²) in [5.74, 6) is 5.51. The van der Waals surface area contributed by atoms with Crippen molar-refractivity contribution in [2.45, 2.75) is 39.7 Å². The predicted molar refractivity (Wildman–Crippen MR) is 58.8 cm³/mol. The van der Waals surface area contributed by atoms with E-state index in [1.54, 1.807) is 0 Å². The third kappa shape index (κ3) is 2.53. The van der Waals surface area contributed by atoms with Gasteiger partial charge >= 0.3 is 0 Å². The number of hydrogen-bond donors (Lipinski definition) is 2. The van der Waals surface area contributed by atoms with E-state index in [0.717, 1.165) is 12.8 Å². The van der Waals surface area contributed by atoms with Gasteiger partial charge in [0.25, 0.3) is 0 Å². The summed E-state index contributed by atoms with van der Waals surface area (Å²) >= 11 is 1.84. The second kappa shape index (κ2) is 4.74. The number of hydrazine groups is 1. The Hall–Kier alpha value is -0.380. The van der Waals surface area contributed by atoms with Crippen LogP contribution in [0.4, 0.5) is 0 Å². The Morgan fingerprint density at radius 3 is 2.62 bits per heavy atom. The van der Waals surface area contributed by atoms with Crippen molar-refractivity contribution in [2.24, 2.45) is 5.84 Å². The van der Waals surface area contributed by atoms with Crippen LogP contribution in [0.25, 0.3) is 0 Å². The molecule has 0 saturated carbocycles. The van der Waals surface area contributed by atoms with Crippen LogP contribution in [0.2, 0.25) is 0 Å². The summed E-state index contributed by atoms with van der Waals surface area (Å²) in [4.78, 5) is 2.76. The molecule has 3 heteroatoms. The number of aryl methyl sites for hydroxylation is 2. The summed E-state index contributed by atoms with van der Waals surface area (Å²) < 4.78 is 0. The number of rotatable bonds is 4. The fourth-order valence-corrected chi connectivity index (χ4v) is 2.51. The van der Waals surface area contributed by atoms with Crippen LogP contribution in [0.1, 0.15) is 41.1 Å². The summed E-state index contributed by atoms with van der Waals surface area (Å²) in [6.07, 6.45) is 2.26. The molecular formula is C10H18N2S. The largest absolute Gasteiger partial charge is 0.271 e. The number of nitrogens with one attached hydrogen (secondary N) is 1. The third-order valence-corrected chi connectivity index (χ3v) is 3.57. The Morgan fingerprint density at radius 2 is 2.23 bits per heavy atom. The molecule has 0 amide bonds. The molecular weight excluding hydrogens is 180 g/mol. The van der Waals surface area contributed by atoms with Crippen molar-refractivity contribution < 1.29 is 0 Å². The average molecular weight is 198 g/mol. The van der Waals surface area contributed by atoms with Crippen molar-refractivity contribution in [3.8, 4) is 0 Å². The lowest BCUT2D eigenvalue weighted by molar-refractivity contribution is 0.517. The van der Waals surface area contributed by atoms with Gasteiger partial charge in [-0.3, -0.25) is 11.3 Å². The molecule has 0 radical (unpaired) electrons. The Labute approximate surface area is 84.1 Å². The Bertz CT molecular complexity index is 248. The first-order chi connectivity index (χ1) is 6.19. The van der Waals surface area contributed by atoms with Crippen LogP contribution in [-0.4, -0.2) is 0 Å². The van der Waals surface area contributed by atoms with Crippen LogP contribution in [0, 0.1) is 13.8 Å². The molecule has 0 aliphatic rings. The zero-order chi connectivity index (χ0) is 9.84. The minimum absolute atomic E-state index is 0.336. The van der Waals surface area contributed by atoms with Gasteiger partial charge in [0.2, 0.25) is 0 Å². The van der Waals surface area contributed by atoms with E-state index in [-0.39, 0.29) is 0 Å². The molecule has 0 fully saturated rings. The zero-order valence-corrected chi connectivity index (χ0v) is 9.37. The predicted octanol–water partition coefficient (Wildman–Crippen LogP) is 2.67. The van der Waals surface area contributed by atoms with Crippen molar-refractivity contribution in [3.05, 3.63) is 21.4 Å². The number of hydrogen-bond acceptors (Lipinski definition) is 3. The lowest BCUT2D eigenvalue weighted by Crippen LogP contribution is -2.27. The van der Waals surface area contributed by atoms with E-state index in [1.807, 2.05) is 11.3 Å². The molecule has 1 atom stereocenters. The lowest BCUT2D eigenvalue weighted by Gasteiger charge is -2.12. The molecule has 13 heavy (non-hydrogen) atoms. The van der Waals surface area contributed by atoms with Gasteiger partial charge in [-0.05, 0) is 31.9 Å². The van der Waals surface area contributed by atoms with E-state index >= 15 is 0 Å². The molecule has 74 valence electrons. The minimum atomic E-state index is 0.336. The Kier molecular flexibility index (Phi) is 3.90. The molecule has 0 saturated heterocycles. The fourth-order valence-electron chi connectivity index (χ4n) is 1.37. The van der Waals surface area contributed by atoms with Crippen molar-refractivity contribution in [1.29, 1.82) is 0 Å². The SMILES string of the molecule is CCCC(NN)c1cc(C)c(C)s1. The first-order valence-corrected chi connectivity index (χ1v) is 5.53. The van der Waals surface area contributed by atoms with E-state index in [1.165, 1.54) is 15.3 Å². The summed E-state index contributed by atoms with van der Waals surface area (Å²) in [7, 11) is 0. The van der Waals surface area contributed by atoms with Gasteiger partial charge in [-0.15, -0.1) is 11.3 Å². The van der Waals surface area contributed by atoms with Crippen LogP contribution in [0.15, 0.2) is 6.07 Å². The molecule has 1 aromatic heterocycles. The second-order valence-electron chi connectivity index (χ2n) is 3.40. The van der Waals surface area contributed by atoms with E-state index < -0.39 is 0 Å². The van der Waals surface area contributed by atoms with Gasteiger partial charge < -0.3 is 0 Å². The van der Waals surface area contributed by atoms with Gasteiger partial charge in [-0.1, -0.05) is 13.3 Å². The summed E-state index contributed by atoms with van der Waals surface area (Å²) in [6, 6.07) is 2.57. The van der Waals surface area contributed by atoms with Gasteiger partial charge in [0.1, 0.15) is 0 Å². The van der Waals surface area contributed by atoms with Gasteiger partial charge in [0.15, 0.2) is 0 Å². The summed E-state index contributed by atoms with van der Waals surface area (Å²) in [6.45, 7) is 6.48. The maximum absolute atomic E-state index is 5.51. The van der Waals surface area contributed by atoms with E-state index in [2.05, 4.69) is 32.3 Å². The van der Waals surface area contributed by atoms with Crippen molar-refractivity contribution in [1.82, 2.24) is 5.43 Å². The summed E-state index contributed by atoms with van der Waals surface area (Å²) in [5.41, 5.74) is 4.24. The van der Waals surface area contributed by atoms with Crippen LogP contribution in [-0.2, 0) is 0 Å². The van der Waals surface area contributed by atoms with Crippen molar-refractivity contribution >= 4 is 11.3 Å². The molecule has 1 heterocycles. The first kappa shape index (κ1) is 10.7. The summed E-state index contributed by atoms with van der Waals surface area (Å²) in [5, 5.41) is 0. The third-order valence-electron chi connectivity index (χ3n) is 2.31. The lowest BCUT2D eigenvalue weighted by atomic mass is 10.1. The van der Waals surface area contributed by atoms with E-state index in [0.29, 0.717) is 6.04 Å².